The average Bonchev–Trinajstić information content (AvgIpc) is 2.34. The maximum atomic E-state index is 11.2. The van der Waals surface area contributed by atoms with Crippen LogP contribution in [0.15, 0.2) is 30.3 Å². The number of carbonyl (C=O) groups is 2. The Labute approximate surface area is 94.6 Å². The van der Waals surface area contributed by atoms with E-state index >= 15 is 0 Å². The molecular formula is C12H15NO3. The highest BCUT2D eigenvalue weighted by molar-refractivity contribution is 5.67. The van der Waals surface area contributed by atoms with Gasteiger partial charge in [0, 0.05) is 12.5 Å². The number of nitrogens with one attached hydrogen (secondary N) is 1. The Kier molecular flexibility index (Phi) is 5.05. The zero-order chi connectivity index (χ0) is 11.8. The normalized spacial score (nSPS) is 11.6. The fourth-order valence-corrected chi connectivity index (χ4v) is 1.07. The van der Waals surface area contributed by atoms with Crippen LogP contribution in [0.2, 0.25) is 0 Å². The van der Waals surface area contributed by atoms with Gasteiger partial charge in [-0.1, -0.05) is 37.3 Å². The standard InChI is InChI=1S/C12H15NO3/c1-10(8-14)7-13-12(15)16-9-11-5-3-2-4-6-11/h2-6,8,10H,7,9H2,1H3,(H,13,15)/t10-/m1/s1. The van der Waals surface area contributed by atoms with Crippen molar-refractivity contribution < 1.29 is 14.3 Å². The van der Waals surface area contributed by atoms with Gasteiger partial charge in [0.15, 0.2) is 0 Å². The molecule has 1 atom stereocenters. The topological polar surface area (TPSA) is 55.4 Å². The van der Waals surface area contributed by atoms with Crippen molar-refractivity contribution in [2.45, 2.75) is 13.5 Å². The van der Waals surface area contributed by atoms with E-state index in [0.29, 0.717) is 6.54 Å². The maximum Gasteiger partial charge on any atom is 0.407 e. The van der Waals surface area contributed by atoms with Crippen LogP contribution in [0.3, 0.4) is 0 Å². The molecule has 1 aromatic rings. The first-order chi connectivity index (χ1) is 7.72. The quantitative estimate of drug-likeness (QED) is 0.770. The first-order valence-electron chi connectivity index (χ1n) is 5.12. The number of benzene rings is 1. The molecule has 1 amide bonds. The second-order valence-electron chi connectivity index (χ2n) is 3.56. The predicted octanol–water partition coefficient (Wildman–Crippen LogP) is 1.75. The molecular weight excluding hydrogens is 206 g/mol. The fraction of sp³-hybridized carbons (Fsp3) is 0.333. The largest absolute Gasteiger partial charge is 0.445 e. The van der Waals surface area contributed by atoms with Crippen molar-refractivity contribution in [2.24, 2.45) is 5.92 Å². The first kappa shape index (κ1) is 12.2. The van der Waals surface area contributed by atoms with Gasteiger partial charge in [-0.3, -0.25) is 0 Å². The Hall–Kier alpha value is -1.84. The summed E-state index contributed by atoms with van der Waals surface area (Å²) < 4.78 is 4.96. The first-order valence-corrected chi connectivity index (χ1v) is 5.12. The van der Waals surface area contributed by atoms with E-state index in [9.17, 15) is 9.59 Å². The van der Waals surface area contributed by atoms with Crippen molar-refractivity contribution in [3.8, 4) is 0 Å². The predicted molar refractivity (Wildman–Crippen MR) is 59.9 cm³/mol. The van der Waals surface area contributed by atoms with Crippen molar-refractivity contribution in [3.63, 3.8) is 0 Å². The van der Waals surface area contributed by atoms with Gasteiger partial charge in [-0.05, 0) is 5.56 Å². The Morgan fingerprint density at radius 2 is 2.12 bits per heavy atom. The van der Waals surface area contributed by atoms with Crippen LogP contribution >= 0.6 is 0 Å². The lowest BCUT2D eigenvalue weighted by Gasteiger charge is -2.08. The average molecular weight is 221 g/mol. The van der Waals surface area contributed by atoms with E-state index in [2.05, 4.69) is 5.32 Å². The zero-order valence-electron chi connectivity index (χ0n) is 9.18. The highest BCUT2D eigenvalue weighted by atomic mass is 16.5. The van der Waals surface area contributed by atoms with Crippen LogP contribution < -0.4 is 5.32 Å². The van der Waals surface area contributed by atoms with Crippen LogP contribution in [0.5, 0.6) is 0 Å². The molecule has 1 rings (SSSR count). The van der Waals surface area contributed by atoms with Gasteiger partial charge in [-0.2, -0.15) is 0 Å². The monoisotopic (exact) mass is 221 g/mol. The number of hydrogen-bond acceptors (Lipinski definition) is 3. The van der Waals surface area contributed by atoms with Crippen LogP contribution in [0.1, 0.15) is 12.5 Å². The fourth-order valence-electron chi connectivity index (χ4n) is 1.07. The lowest BCUT2D eigenvalue weighted by atomic mass is 10.2. The Bertz CT molecular complexity index is 337. The van der Waals surface area contributed by atoms with Gasteiger partial charge in [0.05, 0.1) is 0 Å². The van der Waals surface area contributed by atoms with Gasteiger partial charge < -0.3 is 14.8 Å². The summed E-state index contributed by atoms with van der Waals surface area (Å²) in [5.74, 6) is -0.190. The third-order valence-corrected chi connectivity index (χ3v) is 2.01. The molecule has 0 bridgehead atoms. The summed E-state index contributed by atoms with van der Waals surface area (Å²) in [7, 11) is 0. The van der Waals surface area contributed by atoms with Crippen LogP contribution in [-0.4, -0.2) is 18.9 Å². The van der Waals surface area contributed by atoms with Crippen LogP contribution in [-0.2, 0) is 16.1 Å². The highest BCUT2D eigenvalue weighted by Gasteiger charge is 2.04. The molecule has 0 unspecified atom stereocenters. The SMILES string of the molecule is C[C@@H](C=O)CNC(=O)OCc1ccccc1. The van der Waals surface area contributed by atoms with Crippen molar-refractivity contribution in [3.05, 3.63) is 35.9 Å². The van der Waals surface area contributed by atoms with E-state index in [1.54, 1.807) is 6.92 Å². The molecule has 4 heteroatoms. The second-order valence-corrected chi connectivity index (χ2v) is 3.56. The summed E-state index contributed by atoms with van der Waals surface area (Å²) in [6, 6.07) is 9.41. The molecule has 0 fully saturated rings. The molecule has 0 radical (unpaired) electrons. The van der Waals surface area contributed by atoms with E-state index in [1.165, 1.54) is 0 Å². The number of ether oxygens (including phenoxy) is 1. The summed E-state index contributed by atoms with van der Waals surface area (Å²) in [5.41, 5.74) is 0.932. The van der Waals surface area contributed by atoms with E-state index in [1.807, 2.05) is 30.3 Å². The maximum absolute atomic E-state index is 11.2. The van der Waals surface area contributed by atoms with Crippen LogP contribution in [0, 0.1) is 5.92 Å². The smallest absolute Gasteiger partial charge is 0.407 e. The minimum atomic E-state index is -0.502. The number of aldehydes is 1. The Morgan fingerprint density at radius 1 is 1.44 bits per heavy atom. The summed E-state index contributed by atoms with van der Waals surface area (Å²) in [6.45, 7) is 2.27. The van der Waals surface area contributed by atoms with E-state index in [0.717, 1.165) is 11.8 Å². The zero-order valence-corrected chi connectivity index (χ0v) is 9.18. The van der Waals surface area contributed by atoms with Crippen molar-refractivity contribution in [2.75, 3.05) is 6.54 Å². The minimum Gasteiger partial charge on any atom is -0.445 e. The lowest BCUT2D eigenvalue weighted by molar-refractivity contribution is -0.110. The minimum absolute atomic E-state index is 0.190. The molecule has 0 saturated carbocycles. The van der Waals surface area contributed by atoms with Crippen molar-refractivity contribution in [1.82, 2.24) is 5.32 Å². The molecule has 0 aliphatic rings. The lowest BCUT2D eigenvalue weighted by Crippen LogP contribution is -2.29. The highest BCUT2D eigenvalue weighted by Crippen LogP contribution is 2.00. The van der Waals surface area contributed by atoms with E-state index < -0.39 is 6.09 Å². The molecule has 1 N–H and O–H groups in total. The van der Waals surface area contributed by atoms with Gasteiger partial charge in [-0.25, -0.2) is 4.79 Å². The van der Waals surface area contributed by atoms with Gasteiger partial charge in [0.25, 0.3) is 0 Å². The Balaban J connectivity index is 2.23. The number of carbonyl (C=O) groups excluding carboxylic acids is 2. The molecule has 0 saturated heterocycles. The van der Waals surface area contributed by atoms with Crippen LogP contribution in [0.25, 0.3) is 0 Å². The summed E-state index contributed by atoms with van der Waals surface area (Å²) in [6.07, 6.45) is 0.287. The summed E-state index contributed by atoms with van der Waals surface area (Å²) >= 11 is 0. The van der Waals surface area contributed by atoms with Crippen LogP contribution in [0.4, 0.5) is 4.79 Å². The van der Waals surface area contributed by atoms with E-state index in [4.69, 9.17) is 4.74 Å². The molecule has 0 spiro atoms. The number of alkyl carbamates (subject to hydrolysis) is 1. The molecule has 16 heavy (non-hydrogen) atoms. The van der Waals surface area contributed by atoms with Gasteiger partial charge in [0.1, 0.15) is 12.9 Å². The molecule has 4 nitrogen and oxygen atoms in total. The molecule has 0 aromatic heterocycles. The van der Waals surface area contributed by atoms with Gasteiger partial charge in [0.2, 0.25) is 0 Å². The van der Waals surface area contributed by atoms with E-state index in [-0.39, 0.29) is 12.5 Å². The third-order valence-electron chi connectivity index (χ3n) is 2.01. The van der Waals surface area contributed by atoms with Gasteiger partial charge in [-0.15, -0.1) is 0 Å². The summed E-state index contributed by atoms with van der Waals surface area (Å²) in [5, 5.41) is 2.51. The van der Waals surface area contributed by atoms with Crippen molar-refractivity contribution in [1.29, 1.82) is 0 Å². The Morgan fingerprint density at radius 3 is 2.75 bits per heavy atom. The summed E-state index contributed by atoms with van der Waals surface area (Å²) in [4.78, 5) is 21.5. The molecule has 86 valence electrons. The molecule has 1 aromatic carbocycles. The van der Waals surface area contributed by atoms with Crippen molar-refractivity contribution >= 4 is 12.4 Å². The molecule has 0 heterocycles. The number of hydrogen-bond donors (Lipinski definition) is 1. The number of rotatable bonds is 5. The van der Waals surface area contributed by atoms with Gasteiger partial charge >= 0.3 is 6.09 Å². The molecule has 0 aliphatic carbocycles. The number of amides is 1. The second kappa shape index (κ2) is 6.61. The molecule has 0 aliphatic heterocycles. The third kappa shape index (κ3) is 4.59.